The molecule has 2 heterocycles. The Balaban J connectivity index is 1.96. The fourth-order valence-electron chi connectivity index (χ4n) is 3.48. The van der Waals surface area contributed by atoms with E-state index in [-0.39, 0.29) is 29.1 Å². The average molecular weight is 448 g/mol. The Hall–Kier alpha value is -2.19. The number of halogens is 1. The van der Waals surface area contributed by atoms with E-state index in [0.29, 0.717) is 21.9 Å². The summed E-state index contributed by atoms with van der Waals surface area (Å²) in [4.78, 5) is 31.9. The maximum absolute atomic E-state index is 13.4. The van der Waals surface area contributed by atoms with Gasteiger partial charge < -0.3 is 5.32 Å². The molecule has 160 valence electrons. The lowest BCUT2D eigenvalue weighted by atomic mass is 10.0. The van der Waals surface area contributed by atoms with Crippen molar-refractivity contribution in [3.8, 4) is 11.1 Å². The number of benzene rings is 1. The molecule has 0 radical (unpaired) electrons. The number of rotatable bonds is 8. The van der Waals surface area contributed by atoms with Crippen molar-refractivity contribution < 1.29 is 9.18 Å². The van der Waals surface area contributed by atoms with Crippen molar-refractivity contribution >= 4 is 39.2 Å². The molecule has 1 unspecified atom stereocenters. The Labute approximate surface area is 183 Å². The summed E-state index contributed by atoms with van der Waals surface area (Å²) >= 11 is 2.72. The molecule has 8 heteroatoms. The lowest BCUT2D eigenvalue weighted by molar-refractivity contribution is -0.119. The Morgan fingerprint density at radius 2 is 2.00 bits per heavy atom. The first-order valence-electron chi connectivity index (χ1n) is 10.1. The molecular weight excluding hydrogens is 421 g/mol. The van der Waals surface area contributed by atoms with Gasteiger partial charge in [-0.1, -0.05) is 37.2 Å². The standard InChI is InChI=1S/C22H26FN3O2S2/c1-5-7-13(3)24-17(27)12-29-22-25-20-19(21(28)26(22)6-2)18(14(4)30-20)15-8-10-16(23)11-9-15/h8-11,13H,5-7,12H2,1-4H3,(H,24,27). The molecule has 1 N–H and O–H groups in total. The second-order valence-corrected chi connectivity index (χ2v) is 9.36. The van der Waals surface area contributed by atoms with Gasteiger partial charge in [-0.05, 0) is 44.9 Å². The highest BCUT2D eigenvalue weighted by atomic mass is 32.2. The van der Waals surface area contributed by atoms with Gasteiger partial charge in [0.15, 0.2) is 5.16 Å². The molecule has 0 aliphatic rings. The zero-order valence-corrected chi connectivity index (χ0v) is 19.3. The van der Waals surface area contributed by atoms with E-state index < -0.39 is 0 Å². The van der Waals surface area contributed by atoms with Crippen molar-refractivity contribution in [2.24, 2.45) is 0 Å². The van der Waals surface area contributed by atoms with Crippen molar-refractivity contribution in [2.45, 2.75) is 58.3 Å². The van der Waals surface area contributed by atoms with E-state index in [2.05, 4.69) is 12.2 Å². The number of nitrogens with one attached hydrogen (secondary N) is 1. The van der Waals surface area contributed by atoms with Crippen LogP contribution < -0.4 is 10.9 Å². The molecule has 30 heavy (non-hydrogen) atoms. The summed E-state index contributed by atoms with van der Waals surface area (Å²) < 4.78 is 15.0. The Morgan fingerprint density at radius 3 is 2.63 bits per heavy atom. The van der Waals surface area contributed by atoms with Gasteiger partial charge in [0.2, 0.25) is 5.91 Å². The third-order valence-electron chi connectivity index (χ3n) is 4.86. The number of carbonyl (C=O) groups excluding carboxylic acids is 1. The molecule has 5 nitrogen and oxygen atoms in total. The molecule has 0 bridgehead atoms. The fraction of sp³-hybridized carbons (Fsp3) is 0.409. The number of fused-ring (bicyclic) bond motifs is 1. The number of carbonyl (C=O) groups is 1. The minimum absolute atomic E-state index is 0.0627. The summed E-state index contributed by atoms with van der Waals surface area (Å²) in [6.45, 7) is 8.36. The van der Waals surface area contributed by atoms with Crippen LogP contribution in [-0.4, -0.2) is 27.3 Å². The first-order chi connectivity index (χ1) is 14.3. The van der Waals surface area contributed by atoms with E-state index in [1.54, 1.807) is 16.7 Å². The minimum atomic E-state index is -0.315. The van der Waals surface area contributed by atoms with Crippen LogP contribution in [0.2, 0.25) is 0 Å². The zero-order valence-electron chi connectivity index (χ0n) is 17.6. The van der Waals surface area contributed by atoms with Crippen LogP contribution in [0.4, 0.5) is 4.39 Å². The quantitative estimate of drug-likeness (QED) is 0.390. The Kier molecular flexibility index (Phi) is 7.31. The normalized spacial score (nSPS) is 12.3. The fourth-order valence-corrected chi connectivity index (χ4v) is 5.44. The maximum atomic E-state index is 13.4. The molecule has 0 saturated heterocycles. The van der Waals surface area contributed by atoms with Gasteiger partial charge in [0.25, 0.3) is 5.56 Å². The van der Waals surface area contributed by atoms with E-state index in [9.17, 15) is 14.0 Å². The molecule has 3 aromatic rings. The maximum Gasteiger partial charge on any atom is 0.263 e. The van der Waals surface area contributed by atoms with Crippen molar-refractivity contribution in [3.05, 3.63) is 45.3 Å². The van der Waals surface area contributed by atoms with Gasteiger partial charge in [-0.15, -0.1) is 11.3 Å². The van der Waals surface area contributed by atoms with Crippen LogP contribution in [0.3, 0.4) is 0 Å². The van der Waals surface area contributed by atoms with Crippen LogP contribution in [0, 0.1) is 12.7 Å². The molecule has 1 amide bonds. The van der Waals surface area contributed by atoms with E-state index in [1.165, 1.54) is 35.2 Å². The van der Waals surface area contributed by atoms with Crippen LogP contribution in [0.15, 0.2) is 34.2 Å². The van der Waals surface area contributed by atoms with Gasteiger partial charge >= 0.3 is 0 Å². The lowest BCUT2D eigenvalue weighted by Gasteiger charge is -2.13. The molecule has 0 saturated carbocycles. The van der Waals surface area contributed by atoms with Crippen LogP contribution in [-0.2, 0) is 11.3 Å². The number of hydrogen-bond acceptors (Lipinski definition) is 5. The summed E-state index contributed by atoms with van der Waals surface area (Å²) in [6, 6.07) is 6.29. The highest BCUT2D eigenvalue weighted by Gasteiger charge is 2.20. The van der Waals surface area contributed by atoms with E-state index in [0.717, 1.165) is 28.8 Å². The monoisotopic (exact) mass is 447 g/mol. The number of thioether (sulfide) groups is 1. The SMILES string of the molecule is CCCC(C)NC(=O)CSc1nc2sc(C)c(-c3ccc(F)cc3)c2c(=O)n1CC. The second kappa shape index (κ2) is 9.75. The third kappa shape index (κ3) is 4.75. The number of hydrogen-bond donors (Lipinski definition) is 1. The van der Waals surface area contributed by atoms with E-state index >= 15 is 0 Å². The van der Waals surface area contributed by atoms with Crippen molar-refractivity contribution in [2.75, 3.05) is 5.75 Å². The minimum Gasteiger partial charge on any atom is -0.353 e. The van der Waals surface area contributed by atoms with E-state index in [1.807, 2.05) is 20.8 Å². The lowest BCUT2D eigenvalue weighted by Crippen LogP contribution is -2.34. The van der Waals surface area contributed by atoms with E-state index in [4.69, 9.17) is 4.98 Å². The van der Waals surface area contributed by atoms with Gasteiger partial charge in [-0.3, -0.25) is 14.2 Å². The summed E-state index contributed by atoms with van der Waals surface area (Å²) in [5.41, 5.74) is 1.47. The van der Waals surface area contributed by atoms with Gasteiger partial charge in [-0.2, -0.15) is 0 Å². The number of nitrogens with zero attached hydrogens (tertiary/aromatic N) is 2. The van der Waals surface area contributed by atoms with Crippen LogP contribution >= 0.6 is 23.1 Å². The van der Waals surface area contributed by atoms with Gasteiger partial charge in [0.1, 0.15) is 10.6 Å². The highest BCUT2D eigenvalue weighted by molar-refractivity contribution is 7.99. The van der Waals surface area contributed by atoms with Crippen molar-refractivity contribution in [3.63, 3.8) is 0 Å². The average Bonchev–Trinajstić information content (AvgIpc) is 3.03. The van der Waals surface area contributed by atoms with Crippen molar-refractivity contribution in [1.82, 2.24) is 14.9 Å². The predicted molar refractivity (Wildman–Crippen MR) is 123 cm³/mol. The van der Waals surface area contributed by atoms with Crippen molar-refractivity contribution in [1.29, 1.82) is 0 Å². The third-order valence-corrected chi connectivity index (χ3v) is 6.84. The van der Waals surface area contributed by atoms with Crippen LogP contribution in [0.1, 0.15) is 38.5 Å². The van der Waals surface area contributed by atoms with Gasteiger partial charge in [0, 0.05) is 23.0 Å². The van der Waals surface area contributed by atoms with Gasteiger partial charge in [0.05, 0.1) is 11.1 Å². The molecule has 0 aliphatic heterocycles. The highest BCUT2D eigenvalue weighted by Crippen LogP contribution is 2.36. The molecule has 3 rings (SSSR count). The molecule has 0 spiro atoms. The zero-order chi connectivity index (χ0) is 21.8. The molecule has 0 aliphatic carbocycles. The second-order valence-electron chi connectivity index (χ2n) is 7.21. The predicted octanol–water partition coefficient (Wildman–Crippen LogP) is 4.99. The summed E-state index contributed by atoms with van der Waals surface area (Å²) in [5, 5.41) is 4.07. The topological polar surface area (TPSA) is 64.0 Å². The first-order valence-corrected chi connectivity index (χ1v) is 11.9. The number of aryl methyl sites for hydroxylation is 1. The number of amides is 1. The summed E-state index contributed by atoms with van der Waals surface area (Å²) in [5.74, 6) is -0.168. The molecule has 0 fully saturated rings. The summed E-state index contributed by atoms with van der Waals surface area (Å²) in [7, 11) is 0. The Morgan fingerprint density at radius 1 is 1.30 bits per heavy atom. The smallest absolute Gasteiger partial charge is 0.263 e. The molecular formula is C22H26FN3O2S2. The molecule has 2 aromatic heterocycles. The molecule has 1 aromatic carbocycles. The summed E-state index contributed by atoms with van der Waals surface area (Å²) in [6.07, 6.45) is 1.94. The van der Waals surface area contributed by atoms with Crippen LogP contribution in [0.5, 0.6) is 0 Å². The van der Waals surface area contributed by atoms with Crippen LogP contribution in [0.25, 0.3) is 21.3 Å². The first kappa shape index (κ1) is 22.5. The number of thiophene rings is 1. The molecule has 1 atom stereocenters. The van der Waals surface area contributed by atoms with Gasteiger partial charge in [-0.25, -0.2) is 9.37 Å². The largest absolute Gasteiger partial charge is 0.353 e. The number of aromatic nitrogens is 2. The Bertz CT molecular complexity index is 1110.